The molecule has 3 heteroatoms. The first-order valence-electron chi connectivity index (χ1n) is 3.64. The molecule has 0 aliphatic heterocycles. The summed E-state index contributed by atoms with van der Waals surface area (Å²) in [7, 11) is 0. The Kier molecular flexibility index (Phi) is 1.96. The van der Waals surface area contributed by atoms with Gasteiger partial charge in [0.2, 0.25) is 0 Å². The molecule has 0 N–H and O–H groups in total. The molecule has 2 nitrogen and oxygen atoms in total. The van der Waals surface area contributed by atoms with E-state index in [1.807, 2.05) is 31.3 Å². The van der Waals surface area contributed by atoms with Gasteiger partial charge in [0.25, 0.3) is 0 Å². The maximum atomic E-state index is 4.36. The smallest absolute Gasteiger partial charge is 0.102 e. The number of rotatable bonds is 0. The number of hydrogen-bond acceptors (Lipinski definition) is 2. The standard InChI is InChI=1S/C9H7IN2/c1-6-4-8-7(11-5-6)2-3-9(10)12-8/h2-5H,1H3. The highest BCUT2D eigenvalue weighted by Gasteiger charge is 1.96. The van der Waals surface area contributed by atoms with Crippen LogP contribution in [0.1, 0.15) is 5.56 Å². The first kappa shape index (κ1) is 7.91. The number of aromatic nitrogens is 2. The summed E-state index contributed by atoms with van der Waals surface area (Å²) in [4.78, 5) is 8.62. The van der Waals surface area contributed by atoms with Crippen LogP contribution in [0.3, 0.4) is 0 Å². The summed E-state index contributed by atoms with van der Waals surface area (Å²) in [6, 6.07) is 6.00. The van der Waals surface area contributed by atoms with Gasteiger partial charge in [-0.1, -0.05) is 0 Å². The number of aryl methyl sites for hydroxylation is 1. The molecular formula is C9H7IN2. The van der Waals surface area contributed by atoms with E-state index in [9.17, 15) is 0 Å². The molecule has 60 valence electrons. The highest BCUT2D eigenvalue weighted by molar-refractivity contribution is 14.1. The second kappa shape index (κ2) is 2.97. The number of nitrogens with zero attached hydrogens (tertiary/aromatic N) is 2. The van der Waals surface area contributed by atoms with Gasteiger partial charge in [-0.15, -0.1) is 0 Å². The van der Waals surface area contributed by atoms with Crippen molar-refractivity contribution in [1.29, 1.82) is 0 Å². The fraction of sp³-hybridized carbons (Fsp3) is 0.111. The fourth-order valence-corrected chi connectivity index (χ4v) is 1.52. The Morgan fingerprint density at radius 1 is 1.25 bits per heavy atom. The molecule has 0 saturated heterocycles. The van der Waals surface area contributed by atoms with E-state index in [4.69, 9.17) is 0 Å². The lowest BCUT2D eigenvalue weighted by Gasteiger charge is -1.97. The average Bonchev–Trinajstić information content (AvgIpc) is 2.03. The Balaban J connectivity index is 2.80. The summed E-state index contributed by atoms with van der Waals surface area (Å²) in [6.45, 7) is 2.02. The fourth-order valence-electron chi connectivity index (χ4n) is 1.08. The monoisotopic (exact) mass is 270 g/mol. The van der Waals surface area contributed by atoms with Crippen molar-refractivity contribution in [2.75, 3.05) is 0 Å². The van der Waals surface area contributed by atoms with E-state index in [0.29, 0.717) is 0 Å². The summed E-state index contributed by atoms with van der Waals surface area (Å²) in [6.07, 6.45) is 1.86. The van der Waals surface area contributed by atoms with Crippen molar-refractivity contribution in [3.8, 4) is 0 Å². The minimum Gasteiger partial charge on any atom is -0.254 e. The molecule has 2 heterocycles. The van der Waals surface area contributed by atoms with Crippen molar-refractivity contribution in [3.05, 3.63) is 33.7 Å². The van der Waals surface area contributed by atoms with Crippen LogP contribution in [0.15, 0.2) is 24.4 Å². The summed E-state index contributed by atoms with van der Waals surface area (Å²) in [5, 5.41) is 0. The number of halogens is 1. The molecular weight excluding hydrogens is 263 g/mol. The van der Waals surface area contributed by atoms with Crippen molar-refractivity contribution in [2.24, 2.45) is 0 Å². The molecule has 0 bridgehead atoms. The van der Waals surface area contributed by atoms with Gasteiger partial charge in [0, 0.05) is 6.20 Å². The van der Waals surface area contributed by atoms with Crippen LogP contribution in [-0.4, -0.2) is 9.97 Å². The van der Waals surface area contributed by atoms with Crippen LogP contribution < -0.4 is 0 Å². The largest absolute Gasteiger partial charge is 0.254 e. The van der Waals surface area contributed by atoms with Gasteiger partial charge in [0.15, 0.2) is 0 Å². The quantitative estimate of drug-likeness (QED) is 0.543. The predicted molar refractivity (Wildman–Crippen MR) is 57.0 cm³/mol. The van der Waals surface area contributed by atoms with Crippen molar-refractivity contribution in [3.63, 3.8) is 0 Å². The maximum absolute atomic E-state index is 4.36. The van der Waals surface area contributed by atoms with E-state index in [-0.39, 0.29) is 0 Å². The Labute approximate surface area is 84.2 Å². The lowest BCUT2D eigenvalue weighted by molar-refractivity contribution is 1.27. The van der Waals surface area contributed by atoms with Crippen LogP contribution >= 0.6 is 22.6 Å². The second-order valence-corrected chi connectivity index (χ2v) is 3.79. The van der Waals surface area contributed by atoms with Gasteiger partial charge < -0.3 is 0 Å². The molecule has 0 radical (unpaired) electrons. The van der Waals surface area contributed by atoms with E-state index in [1.54, 1.807) is 0 Å². The molecule has 0 fully saturated rings. The van der Waals surface area contributed by atoms with Crippen LogP contribution in [0.5, 0.6) is 0 Å². The first-order chi connectivity index (χ1) is 5.75. The third-order valence-electron chi connectivity index (χ3n) is 1.64. The maximum Gasteiger partial charge on any atom is 0.102 e. The van der Waals surface area contributed by atoms with E-state index in [0.717, 1.165) is 20.3 Å². The van der Waals surface area contributed by atoms with Gasteiger partial charge in [-0.2, -0.15) is 0 Å². The minimum absolute atomic E-state index is 0.959. The lowest BCUT2D eigenvalue weighted by Crippen LogP contribution is -1.86. The van der Waals surface area contributed by atoms with Crippen LogP contribution in [-0.2, 0) is 0 Å². The summed E-state index contributed by atoms with van der Waals surface area (Å²) < 4.78 is 1.01. The van der Waals surface area contributed by atoms with Gasteiger partial charge in [-0.25, -0.2) is 4.98 Å². The molecule has 0 atom stereocenters. The zero-order valence-electron chi connectivity index (χ0n) is 6.58. The molecule has 0 spiro atoms. The number of hydrogen-bond donors (Lipinski definition) is 0. The molecule has 2 rings (SSSR count). The number of pyridine rings is 2. The topological polar surface area (TPSA) is 25.8 Å². The van der Waals surface area contributed by atoms with Gasteiger partial charge in [0.1, 0.15) is 3.70 Å². The lowest BCUT2D eigenvalue weighted by atomic mass is 10.2. The molecule has 0 aliphatic rings. The van der Waals surface area contributed by atoms with Gasteiger partial charge >= 0.3 is 0 Å². The normalized spacial score (nSPS) is 10.5. The molecule has 0 aliphatic carbocycles. The van der Waals surface area contributed by atoms with Crippen LogP contribution in [0.25, 0.3) is 11.0 Å². The molecule has 0 unspecified atom stereocenters. The third-order valence-corrected chi connectivity index (χ3v) is 2.24. The first-order valence-corrected chi connectivity index (χ1v) is 4.72. The van der Waals surface area contributed by atoms with E-state index < -0.39 is 0 Å². The molecule has 0 saturated carbocycles. The summed E-state index contributed by atoms with van der Waals surface area (Å²) in [5.74, 6) is 0. The second-order valence-electron chi connectivity index (χ2n) is 2.68. The van der Waals surface area contributed by atoms with Gasteiger partial charge in [0.05, 0.1) is 11.0 Å². The Bertz CT molecular complexity index is 389. The zero-order chi connectivity index (χ0) is 8.55. The van der Waals surface area contributed by atoms with Crippen molar-refractivity contribution >= 4 is 33.6 Å². The van der Waals surface area contributed by atoms with E-state index >= 15 is 0 Å². The van der Waals surface area contributed by atoms with Gasteiger partial charge in [-0.3, -0.25) is 4.98 Å². The minimum atomic E-state index is 0.959. The third kappa shape index (κ3) is 1.41. The SMILES string of the molecule is Cc1cnc2ccc(I)nc2c1. The Morgan fingerprint density at radius 3 is 2.92 bits per heavy atom. The van der Waals surface area contributed by atoms with Crippen LogP contribution in [0, 0.1) is 10.6 Å². The Morgan fingerprint density at radius 2 is 2.08 bits per heavy atom. The number of fused-ring (bicyclic) bond motifs is 1. The molecule has 0 aromatic carbocycles. The van der Waals surface area contributed by atoms with Crippen molar-refractivity contribution < 1.29 is 0 Å². The van der Waals surface area contributed by atoms with E-state index in [1.165, 1.54) is 0 Å². The van der Waals surface area contributed by atoms with Gasteiger partial charge in [-0.05, 0) is 53.3 Å². The summed E-state index contributed by atoms with van der Waals surface area (Å²) in [5.41, 5.74) is 3.08. The average molecular weight is 270 g/mol. The predicted octanol–water partition coefficient (Wildman–Crippen LogP) is 2.54. The molecule has 12 heavy (non-hydrogen) atoms. The zero-order valence-corrected chi connectivity index (χ0v) is 8.74. The van der Waals surface area contributed by atoms with Crippen molar-refractivity contribution in [1.82, 2.24) is 9.97 Å². The van der Waals surface area contributed by atoms with Crippen molar-refractivity contribution in [2.45, 2.75) is 6.92 Å². The van der Waals surface area contributed by atoms with E-state index in [2.05, 4.69) is 32.6 Å². The Hall–Kier alpha value is -0.710. The highest BCUT2D eigenvalue weighted by Crippen LogP contribution is 2.12. The molecule has 2 aromatic rings. The highest BCUT2D eigenvalue weighted by atomic mass is 127. The van der Waals surface area contributed by atoms with Crippen LogP contribution in [0.2, 0.25) is 0 Å². The molecule has 2 aromatic heterocycles. The molecule has 0 amide bonds. The van der Waals surface area contributed by atoms with Crippen LogP contribution in [0.4, 0.5) is 0 Å². The summed E-state index contributed by atoms with van der Waals surface area (Å²) >= 11 is 2.20.